The molecule has 10 nitrogen and oxygen atoms in total. The van der Waals surface area contributed by atoms with Gasteiger partial charge in [0, 0.05) is 37.7 Å². The molecule has 0 spiro atoms. The summed E-state index contributed by atoms with van der Waals surface area (Å²) in [5.74, 6) is 0.393. The lowest BCUT2D eigenvalue weighted by Crippen LogP contribution is -2.18. The average molecular weight is 566 g/mol. The highest BCUT2D eigenvalue weighted by Gasteiger charge is 2.15. The molecule has 216 valence electrons. The molecule has 1 amide bonds. The summed E-state index contributed by atoms with van der Waals surface area (Å²) in [5, 5.41) is 31.6. The second kappa shape index (κ2) is 13.5. The molecule has 0 atom stereocenters. The van der Waals surface area contributed by atoms with Crippen LogP contribution in [0.2, 0.25) is 0 Å². The molecule has 0 unspecified atom stereocenters. The third-order valence-electron chi connectivity index (χ3n) is 7.15. The maximum atomic E-state index is 13.0. The third kappa shape index (κ3) is 6.53. The minimum atomic E-state index is -0.275. The molecular formula is C32H35N7O3. The van der Waals surface area contributed by atoms with Gasteiger partial charge in [-0.1, -0.05) is 36.4 Å². The lowest BCUT2D eigenvalue weighted by molar-refractivity contribution is 0.102. The zero-order valence-corrected chi connectivity index (χ0v) is 23.8. The average Bonchev–Trinajstić information content (AvgIpc) is 3.41. The molecule has 0 aliphatic heterocycles. The topological polar surface area (TPSA) is 137 Å². The fraction of sp³-hybridized carbons (Fsp3) is 0.250. The Bertz CT molecular complexity index is 1680. The van der Waals surface area contributed by atoms with Crippen molar-refractivity contribution in [2.24, 2.45) is 0 Å². The molecule has 0 aliphatic carbocycles. The van der Waals surface area contributed by atoms with E-state index in [4.69, 9.17) is 10.2 Å². The second-order valence-electron chi connectivity index (χ2n) is 10.0. The van der Waals surface area contributed by atoms with Crippen LogP contribution >= 0.6 is 0 Å². The Labute approximate surface area is 244 Å². The predicted molar refractivity (Wildman–Crippen MR) is 163 cm³/mol. The van der Waals surface area contributed by atoms with Gasteiger partial charge in [0.1, 0.15) is 5.69 Å². The summed E-state index contributed by atoms with van der Waals surface area (Å²) in [5.41, 5.74) is 9.06. The summed E-state index contributed by atoms with van der Waals surface area (Å²) in [4.78, 5) is 22.0. The number of carbonyl (C=O) groups excluding carboxylic acids is 1. The number of amides is 1. The zero-order chi connectivity index (χ0) is 29.5. The maximum Gasteiger partial charge on any atom is 0.274 e. The summed E-state index contributed by atoms with van der Waals surface area (Å²) in [7, 11) is 0. The largest absolute Gasteiger partial charge is 0.395 e. The van der Waals surface area contributed by atoms with Crippen molar-refractivity contribution in [1.82, 2.24) is 30.2 Å². The van der Waals surface area contributed by atoms with E-state index in [1.165, 1.54) is 0 Å². The number of fused-ring (bicyclic) bond motifs is 1. The van der Waals surface area contributed by atoms with Crippen LogP contribution in [0.25, 0.3) is 27.9 Å². The number of nitrogens with one attached hydrogen (secondary N) is 3. The second-order valence-corrected chi connectivity index (χ2v) is 10.0. The van der Waals surface area contributed by atoms with Crippen molar-refractivity contribution in [2.75, 3.05) is 31.6 Å². The Morgan fingerprint density at radius 1 is 0.857 bits per heavy atom. The molecule has 0 saturated carbocycles. The Balaban J connectivity index is 1.37. The number of hydrogen-bond donors (Lipinski definition) is 5. The smallest absolute Gasteiger partial charge is 0.274 e. The van der Waals surface area contributed by atoms with Gasteiger partial charge >= 0.3 is 0 Å². The Hall–Kier alpha value is -4.48. The first kappa shape index (κ1) is 29.0. The van der Waals surface area contributed by atoms with Crippen molar-refractivity contribution in [1.29, 1.82) is 0 Å². The molecule has 10 heteroatoms. The van der Waals surface area contributed by atoms with E-state index >= 15 is 0 Å². The monoisotopic (exact) mass is 565 g/mol. The molecule has 0 fully saturated rings. The van der Waals surface area contributed by atoms with Gasteiger partial charge in [-0.05, 0) is 77.1 Å². The summed E-state index contributed by atoms with van der Waals surface area (Å²) >= 11 is 0. The van der Waals surface area contributed by atoms with Gasteiger partial charge in [0.2, 0.25) is 0 Å². The summed E-state index contributed by atoms with van der Waals surface area (Å²) < 4.78 is 1.76. The number of nitrogens with zero attached hydrogens (tertiary/aromatic N) is 4. The van der Waals surface area contributed by atoms with Crippen LogP contribution in [0.3, 0.4) is 0 Å². The summed E-state index contributed by atoms with van der Waals surface area (Å²) in [6.07, 6.45) is 3.58. The van der Waals surface area contributed by atoms with Gasteiger partial charge in [-0.15, -0.1) is 5.10 Å². The van der Waals surface area contributed by atoms with Crippen molar-refractivity contribution in [2.45, 2.75) is 26.9 Å². The molecular weight excluding hydrogens is 530 g/mol. The molecule has 5 rings (SSSR count). The molecule has 42 heavy (non-hydrogen) atoms. The highest BCUT2D eigenvalue weighted by Crippen LogP contribution is 2.35. The van der Waals surface area contributed by atoms with Gasteiger partial charge < -0.3 is 26.2 Å². The van der Waals surface area contributed by atoms with Gasteiger partial charge in [-0.25, -0.2) is 9.50 Å². The summed E-state index contributed by atoms with van der Waals surface area (Å²) in [6, 6.07) is 19.8. The molecule has 0 aliphatic rings. The van der Waals surface area contributed by atoms with E-state index in [0.29, 0.717) is 37.7 Å². The fourth-order valence-electron chi connectivity index (χ4n) is 4.91. The lowest BCUT2D eigenvalue weighted by atomic mass is 9.90. The number of aliphatic hydroxyl groups is 2. The van der Waals surface area contributed by atoms with E-state index in [1.54, 1.807) is 16.8 Å². The predicted octanol–water partition coefficient (Wildman–Crippen LogP) is 3.49. The van der Waals surface area contributed by atoms with Gasteiger partial charge in [0.25, 0.3) is 5.91 Å². The zero-order valence-electron chi connectivity index (χ0n) is 23.8. The Morgan fingerprint density at radius 2 is 1.57 bits per heavy atom. The van der Waals surface area contributed by atoms with Gasteiger partial charge in [0.05, 0.1) is 19.8 Å². The quantitative estimate of drug-likeness (QED) is 0.145. The number of pyridine rings is 2. The van der Waals surface area contributed by atoms with Crippen molar-refractivity contribution < 1.29 is 15.0 Å². The molecule has 0 saturated heterocycles. The molecule has 5 aromatic rings. The fourth-order valence-corrected chi connectivity index (χ4v) is 4.91. The van der Waals surface area contributed by atoms with Crippen molar-refractivity contribution >= 4 is 17.2 Å². The van der Waals surface area contributed by atoms with E-state index < -0.39 is 0 Å². The molecule has 0 radical (unpaired) electrons. The number of carbonyl (C=O) groups is 1. The minimum Gasteiger partial charge on any atom is -0.395 e. The number of aromatic nitrogens is 4. The van der Waals surface area contributed by atoms with Crippen LogP contribution in [0, 0.1) is 13.8 Å². The Kier molecular flexibility index (Phi) is 9.30. The first-order valence-electron chi connectivity index (χ1n) is 13.9. The number of anilines is 1. The Morgan fingerprint density at radius 3 is 2.31 bits per heavy atom. The molecule has 3 heterocycles. The van der Waals surface area contributed by atoms with Crippen molar-refractivity contribution in [3.63, 3.8) is 0 Å². The minimum absolute atomic E-state index is 0.0677. The number of rotatable bonds is 12. The molecule has 5 N–H and O–H groups in total. The van der Waals surface area contributed by atoms with Crippen LogP contribution < -0.4 is 16.0 Å². The molecule has 3 aromatic heterocycles. The first-order valence-corrected chi connectivity index (χ1v) is 13.9. The third-order valence-corrected chi connectivity index (χ3v) is 7.15. The van der Waals surface area contributed by atoms with Crippen LogP contribution in [0.4, 0.5) is 5.69 Å². The van der Waals surface area contributed by atoms with Crippen LogP contribution in [-0.2, 0) is 13.1 Å². The normalized spacial score (nSPS) is 11.2. The van der Waals surface area contributed by atoms with E-state index in [-0.39, 0.29) is 19.1 Å². The van der Waals surface area contributed by atoms with Crippen LogP contribution in [0.5, 0.6) is 0 Å². The highest BCUT2D eigenvalue weighted by atomic mass is 16.3. The van der Waals surface area contributed by atoms with E-state index in [0.717, 1.165) is 50.3 Å². The van der Waals surface area contributed by atoms with E-state index in [9.17, 15) is 4.79 Å². The highest BCUT2D eigenvalue weighted by molar-refractivity contribution is 6.03. The SMILES string of the molecule is Cc1c(NC(=O)c2ccc(CNCCO)cn2)cccc1-c1cccc(-c2ccn3nc(CNCCO)nc3c2)c1C. The number of aliphatic hydroxyl groups excluding tert-OH is 2. The van der Waals surface area contributed by atoms with Crippen LogP contribution in [0.15, 0.2) is 73.1 Å². The van der Waals surface area contributed by atoms with Crippen LogP contribution in [0.1, 0.15) is 33.0 Å². The van der Waals surface area contributed by atoms with E-state index in [1.807, 2.05) is 49.5 Å². The number of benzene rings is 2. The maximum absolute atomic E-state index is 13.0. The van der Waals surface area contributed by atoms with Gasteiger partial charge in [0.15, 0.2) is 11.5 Å². The summed E-state index contributed by atoms with van der Waals surface area (Å²) in [6.45, 7) is 6.31. The van der Waals surface area contributed by atoms with Crippen molar-refractivity contribution in [3.05, 3.63) is 101 Å². The standard InChI is InChI=1S/C32H35N7O3/c1-21-25(24-11-14-39-31(17-24)37-30(38-39)20-34-13-16-41)5-3-6-26(21)27-7-4-8-28(22(27)2)36-32(42)29-10-9-23(19-35-29)18-33-12-15-40/h3-11,14,17,19,33-34,40-41H,12-13,15-16,18,20H2,1-2H3,(H,36,42). The van der Waals surface area contributed by atoms with Gasteiger partial charge in [-0.2, -0.15) is 0 Å². The lowest BCUT2D eigenvalue weighted by Gasteiger charge is -2.16. The number of hydrogen-bond acceptors (Lipinski definition) is 8. The van der Waals surface area contributed by atoms with Crippen LogP contribution in [-0.4, -0.2) is 62.0 Å². The van der Waals surface area contributed by atoms with Gasteiger partial charge in [-0.3, -0.25) is 9.78 Å². The molecule has 2 aromatic carbocycles. The van der Waals surface area contributed by atoms with Crippen molar-refractivity contribution in [3.8, 4) is 22.3 Å². The van der Waals surface area contributed by atoms with E-state index in [2.05, 4.69) is 56.1 Å². The first-order chi connectivity index (χ1) is 20.5. The molecule has 0 bridgehead atoms.